The van der Waals surface area contributed by atoms with Crippen molar-refractivity contribution in [2.45, 2.75) is 25.7 Å². The van der Waals surface area contributed by atoms with Crippen LogP contribution in [0.4, 0.5) is 14.9 Å². The third-order valence-electron chi connectivity index (χ3n) is 3.38. The van der Waals surface area contributed by atoms with Gasteiger partial charge in [0.15, 0.2) is 0 Å². The molecular formula is C14H19FN2O. The number of nitrogens with zero attached hydrogens (tertiary/aromatic N) is 2. The van der Waals surface area contributed by atoms with Crippen LogP contribution in [-0.2, 0) is 0 Å². The molecule has 2 amide bonds. The molecule has 1 heterocycles. The third kappa shape index (κ3) is 2.81. The molecule has 0 N–H and O–H groups in total. The second-order valence-corrected chi connectivity index (χ2v) is 4.69. The van der Waals surface area contributed by atoms with Crippen molar-refractivity contribution in [2.75, 3.05) is 25.0 Å². The highest BCUT2D eigenvalue weighted by atomic mass is 19.1. The normalized spacial score (nSPS) is 16.2. The first kappa shape index (κ1) is 12.9. The smallest absolute Gasteiger partial charge is 0.324 e. The second kappa shape index (κ2) is 5.85. The molecule has 3 nitrogen and oxygen atoms in total. The van der Waals surface area contributed by atoms with Crippen LogP contribution < -0.4 is 4.90 Å². The summed E-state index contributed by atoms with van der Waals surface area (Å²) in [5.41, 5.74) is 0.340. The van der Waals surface area contributed by atoms with Gasteiger partial charge in [0.05, 0.1) is 5.69 Å². The van der Waals surface area contributed by atoms with E-state index in [1.54, 1.807) is 25.2 Å². The number of likely N-dealkylation sites (tertiary alicyclic amines) is 1. The zero-order valence-corrected chi connectivity index (χ0v) is 10.7. The Bertz CT molecular complexity index is 414. The lowest BCUT2D eigenvalue weighted by Crippen LogP contribution is -2.42. The van der Waals surface area contributed by atoms with E-state index in [1.165, 1.54) is 23.8 Å². The summed E-state index contributed by atoms with van der Waals surface area (Å²) in [7, 11) is 1.63. The summed E-state index contributed by atoms with van der Waals surface area (Å²) in [6, 6.07) is 6.27. The first-order valence-corrected chi connectivity index (χ1v) is 6.47. The Balaban J connectivity index is 2.10. The number of hydrogen-bond donors (Lipinski definition) is 0. The van der Waals surface area contributed by atoms with E-state index in [-0.39, 0.29) is 11.8 Å². The first-order chi connectivity index (χ1) is 8.70. The van der Waals surface area contributed by atoms with Crippen molar-refractivity contribution in [2.24, 2.45) is 0 Å². The summed E-state index contributed by atoms with van der Waals surface area (Å²) in [4.78, 5) is 15.5. The van der Waals surface area contributed by atoms with Gasteiger partial charge in [-0.05, 0) is 25.0 Å². The van der Waals surface area contributed by atoms with Crippen LogP contribution in [0.25, 0.3) is 0 Å². The zero-order chi connectivity index (χ0) is 13.0. The third-order valence-corrected chi connectivity index (χ3v) is 3.38. The second-order valence-electron chi connectivity index (χ2n) is 4.69. The van der Waals surface area contributed by atoms with Gasteiger partial charge in [0, 0.05) is 20.1 Å². The van der Waals surface area contributed by atoms with E-state index < -0.39 is 0 Å². The monoisotopic (exact) mass is 250 g/mol. The van der Waals surface area contributed by atoms with Gasteiger partial charge in [-0.1, -0.05) is 25.0 Å². The highest BCUT2D eigenvalue weighted by Gasteiger charge is 2.21. The van der Waals surface area contributed by atoms with E-state index in [0.717, 1.165) is 25.9 Å². The molecule has 1 aromatic rings. The van der Waals surface area contributed by atoms with Crippen LogP contribution in [0.3, 0.4) is 0 Å². The summed E-state index contributed by atoms with van der Waals surface area (Å²) in [6.45, 7) is 1.55. The van der Waals surface area contributed by atoms with Crippen molar-refractivity contribution in [1.82, 2.24) is 4.90 Å². The van der Waals surface area contributed by atoms with Gasteiger partial charge < -0.3 is 4.90 Å². The molecule has 2 rings (SSSR count). The number of hydrogen-bond acceptors (Lipinski definition) is 1. The molecule has 0 atom stereocenters. The number of carbonyl (C=O) groups is 1. The Morgan fingerprint density at radius 3 is 2.39 bits per heavy atom. The average molecular weight is 250 g/mol. The maximum atomic E-state index is 13.6. The number of rotatable bonds is 1. The molecule has 1 fully saturated rings. The lowest BCUT2D eigenvalue weighted by atomic mass is 10.2. The molecule has 1 aliphatic heterocycles. The van der Waals surface area contributed by atoms with E-state index in [1.807, 2.05) is 4.90 Å². The molecule has 1 aromatic carbocycles. The predicted octanol–water partition coefficient (Wildman–Crippen LogP) is 3.26. The quantitative estimate of drug-likeness (QED) is 0.750. The molecule has 18 heavy (non-hydrogen) atoms. The first-order valence-electron chi connectivity index (χ1n) is 6.47. The molecule has 0 unspecified atom stereocenters. The van der Waals surface area contributed by atoms with Gasteiger partial charge in [-0.15, -0.1) is 0 Å². The summed E-state index contributed by atoms with van der Waals surface area (Å²) in [5, 5.41) is 0. The molecule has 0 spiro atoms. The van der Waals surface area contributed by atoms with Crippen LogP contribution in [-0.4, -0.2) is 31.1 Å². The van der Waals surface area contributed by atoms with Crippen molar-refractivity contribution in [3.05, 3.63) is 30.1 Å². The Morgan fingerprint density at radius 2 is 1.78 bits per heavy atom. The molecule has 4 heteroatoms. The van der Waals surface area contributed by atoms with Crippen LogP contribution in [0.1, 0.15) is 25.7 Å². The molecular weight excluding hydrogens is 231 g/mol. The summed E-state index contributed by atoms with van der Waals surface area (Å²) in [6.07, 6.45) is 4.42. The number of carbonyl (C=O) groups excluding carboxylic acids is 1. The molecule has 0 bridgehead atoms. The molecule has 0 saturated carbocycles. The molecule has 1 saturated heterocycles. The van der Waals surface area contributed by atoms with Crippen LogP contribution in [0.5, 0.6) is 0 Å². The Labute approximate surface area is 107 Å². The van der Waals surface area contributed by atoms with E-state index in [9.17, 15) is 9.18 Å². The standard InChI is InChI=1S/C14H19FN2O/c1-16(13-9-5-4-8-12(13)15)14(18)17-10-6-2-3-7-11-17/h4-5,8-9H,2-3,6-7,10-11H2,1H3. The maximum Gasteiger partial charge on any atom is 0.324 e. The van der Waals surface area contributed by atoms with Gasteiger partial charge in [0.25, 0.3) is 0 Å². The van der Waals surface area contributed by atoms with Gasteiger partial charge in [0.2, 0.25) is 0 Å². The van der Waals surface area contributed by atoms with E-state index >= 15 is 0 Å². The Kier molecular flexibility index (Phi) is 4.18. The van der Waals surface area contributed by atoms with Crippen molar-refractivity contribution >= 4 is 11.7 Å². The van der Waals surface area contributed by atoms with E-state index in [4.69, 9.17) is 0 Å². The van der Waals surface area contributed by atoms with Crippen molar-refractivity contribution in [3.63, 3.8) is 0 Å². The van der Waals surface area contributed by atoms with Gasteiger partial charge >= 0.3 is 6.03 Å². The van der Waals surface area contributed by atoms with Crippen molar-refractivity contribution < 1.29 is 9.18 Å². The van der Waals surface area contributed by atoms with Gasteiger partial charge in [-0.25, -0.2) is 9.18 Å². The minimum atomic E-state index is -0.358. The molecule has 1 aliphatic rings. The molecule has 0 aliphatic carbocycles. The lowest BCUT2D eigenvalue weighted by Gasteiger charge is -2.27. The number of amides is 2. The Morgan fingerprint density at radius 1 is 1.17 bits per heavy atom. The van der Waals surface area contributed by atoms with E-state index in [2.05, 4.69) is 0 Å². The highest BCUT2D eigenvalue weighted by molar-refractivity contribution is 5.91. The molecule has 98 valence electrons. The largest absolute Gasteiger partial charge is 0.324 e. The van der Waals surface area contributed by atoms with Gasteiger partial charge in [0.1, 0.15) is 5.82 Å². The van der Waals surface area contributed by atoms with E-state index in [0.29, 0.717) is 5.69 Å². The lowest BCUT2D eigenvalue weighted by molar-refractivity contribution is 0.208. The van der Waals surface area contributed by atoms with Crippen molar-refractivity contribution in [1.29, 1.82) is 0 Å². The fourth-order valence-corrected chi connectivity index (χ4v) is 2.30. The fourth-order valence-electron chi connectivity index (χ4n) is 2.30. The Hall–Kier alpha value is -1.58. The van der Waals surface area contributed by atoms with Crippen LogP contribution in [0.2, 0.25) is 0 Å². The minimum Gasteiger partial charge on any atom is -0.324 e. The highest BCUT2D eigenvalue weighted by Crippen LogP contribution is 2.19. The number of halogens is 1. The fraction of sp³-hybridized carbons (Fsp3) is 0.500. The van der Waals surface area contributed by atoms with Crippen LogP contribution >= 0.6 is 0 Å². The number of benzene rings is 1. The molecule has 0 radical (unpaired) electrons. The zero-order valence-electron chi connectivity index (χ0n) is 10.7. The van der Waals surface area contributed by atoms with Crippen molar-refractivity contribution in [3.8, 4) is 0 Å². The van der Waals surface area contributed by atoms with Crippen LogP contribution in [0, 0.1) is 5.82 Å². The summed E-state index contributed by atoms with van der Waals surface area (Å²) < 4.78 is 13.6. The summed E-state index contributed by atoms with van der Waals surface area (Å²) in [5.74, 6) is -0.358. The maximum absolute atomic E-state index is 13.6. The minimum absolute atomic E-state index is 0.109. The van der Waals surface area contributed by atoms with Gasteiger partial charge in [-0.3, -0.25) is 4.90 Å². The van der Waals surface area contributed by atoms with Crippen LogP contribution in [0.15, 0.2) is 24.3 Å². The number of para-hydroxylation sites is 1. The summed E-state index contributed by atoms with van der Waals surface area (Å²) >= 11 is 0. The number of urea groups is 1. The SMILES string of the molecule is CN(C(=O)N1CCCCCC1)c1ccccc1F. The topological polar surface area (TPSA) is 23.6 Å². The number of anilines is 1. The average Bonchev–Trinajstić information content (AvgIpc) is 2.66. The molecule has 0 aromatic heterocycles. The predicted molar refractivity (Wildman–Crippen MR) is 70.2 cm³/mol. The van der Waals surface area contributed by atoms with Gasteiger partial charge in [-0.2, -0.15) is 0 Å².